The van der Waals surface area contributed by atoms with Crippen LogP contribution >= 0.6 is 0 Å². The second-order valence-electron chi connectivity index (χ2n) is 5.73. The molecular weight excluding hydrogens is 297 g/mol. The molecule has 23 heavy (non-hydrogen) atoms. The smallest absolute Gasteiger partial charge is 0.339 e. The van der Waals surface area contributed by atoms with Crippen LogP contribution in [0.3, 0.4) is 0 Å². The van der Waals surface area contributed by atoms with Crippen LogP contribution in [-0.4, -0.2) is 17.5 Å². The molecule has 1 heterocycles. The molecule has 1 amide bonds. The molecule has 0 aromatic heterocycles. The highest BCUT2D eigenvalue weighted by molar-refractivity contribution is 5.97. The maximum atomic E-state index is 13.6. The molecular formula is C18H16FNO3. The third kappa shape index (κ3) is 2.95. The topological polar surface area (TPSA) is 55.4 Å². The van der Waals surface area contributed by atoms with Crippen molar-refractivity contribution < 1.29 is 18.7 Å². The molecule has 0 saturated heterocycles. The molecule has 2 aromatic rings. The molecule has 5 heteroatoms. The molecule has 1 aliphatic heterocycles. The third-order valence-corrected chi connectivity index (χ3v) is 3.96. The standard InChI is InChI=1S/C18H16FNO3/c1-18(10-12-6-2-4-8-14(12)16(21)23-18)17(22)20-11-13-7-3-5-9-15(13)19/h2-9H,10-11H2,1H3,(H,20,22)/t18-/m1/s1. The molecule has 1 N–H and O–H groups in total. The number of nitrogens with one attached hydrogen (secondary N) is 1. The number of carbonyl (C=O) groups excluding carboxylic acids is 2. The maximum absolute atomic E-state index is 13.6. The van der Waals surface area contributed by atoms with E-state index in [1.807, 2.05) is 6.07 Å². The van der Waals surface area contributed by atoms with Crippen molar-refractivity contribution in [2.24, 2.45) is 0 Å². The minimum absolute atomic E-state index is 0.0420. The van der Waals surface area contributed by atoms with E-state index in [1.165, 1.54) is 6.07 Å². The quantitative estimate of drug-likeness (QED) is 0.886. The van der Waals surface area contributed by atoms with Gasteiger partial charge in [0, 0.05) is 18.5 Å². The summed E-state index contributed by atoms with van der Waals surface area (Å²) in [5.41, 5.74) is 0.336. The van der Waals surface area contributed by atoms with Crippen LogP contribution in [0.1, 0.15) is 28.4 Å². The maximum Gasteiger partial charge on any atom is 0.339 e. The lowest BCUT2D eigenvalue weighted by molar-refractivity contribution is -0.140. The van der Waals surface area contributed by atoms with E-state index >= 15 is 0 Å². The lowest BCUT2D eigenvalue weighted by atomic mass is 9.89. The minimum Gasteiger partial charge on any atom is -0.445 e. The number of benzene rings is 2. The zero-order valence-corrected chi connectivity index (χ0v) is 12.6. The first kappa shape index (κ1) is 15.2. The van der Waals surface area contributed by atoms with Gasteiger partial charge in [-0.3, -0.25) is 4.79 Å². The zero-order chi connectivity index (χ0) is 16.4. The Labute approximate surface area is 133 Å². The van der Waals surface area contributed by atoms with Gasteiger partial charge < -0.3 is 10.1 Å². The number of cyclic esters (lactones) is 1. The zero-order valence-electron chi connectivity index (χ0n) is 12.6. The highest BCUT2D eigenvalue weighted by Crippen LogP contribution is 2.28. The Morgan fingerprint density at radius 2 is 1.91 bits per heavy atom. The molecule has 118 valence electrons. The van der Waals surface area contributed by atoms with Gasteiger partial charge in [-0.25, -0.2) is 9.18 Å². The van der Waals surface area contributed by atoms with E-state index in [-0.39, 0.29) is 18.8 Å². The van der Waals surface area contributed by atoms with E-state index in [0.29, 0.717) is 11.1 Å². The molecule has 0 fully saturated rings. The molecule has 2 aromatic carbocycles. The van der Waals surface area contributed by atoms with Crippen LogP contribution in [0.25, 0.3) is 0 Å². The number of hydrogen-bond acceptors (Lipinski definition) is 3. The van der Waals surface area contributed by atoms with Crippen LogP contribution in [0.2, 0.25) is 0 Å². The van der Waals surface area contributed by atoms with Crippen molar-refractivity contribution in [3.63, 3.8) is 0 Å². The number of fused-ring (bicyclic) bond motifs is 1. The number of amides is 1. The number of hydrogen-bond donors (Lipinski definition) is 1. The number of carbonyl (C=O) groups is 2. The third-order valence-electron chi connectivity index (χ3n) is 3.96. The number of halogens is 1. The molecule has 0 spiro atoms. The highest BCUT2D eigenvalue weighted by Gasteiger charge is 2.42. The van der Waals surface area contributed by atoms with Gasteiger partial charge in [0.1, 0.15) is 5.82 Å². The summed E-state index contributed by atoms with van der Waals surface area (Å²) < 4.78 is 18.9. The van der Waals surface area contributed by atoms with Gasteiger partial charge in [-0.2, -0.15) is 0 Å². The molecule has 1 aliphatic rings. The van der Waals surface area contributed by atoms with Crippen molar-refractivity contribution in [3.8, 4) is 0 Å². The Morgan fingerprint density at radius 1 is 1.22 bits per heavy atom. The lowest BCUT2D eigenvalue weighted by Crippen LogP contribution is -2.51. The summed E-state index contributed by atoms with van der Waals surface area (Å²) in [4.78, 5) is 24.5. The van der Waals surface area contributed by atoms with Crippen LogP contribution in [0.4, 0.5) is 4.39 Å². The Kier molecular flexibility index (Phi) is 3.86. The molecule has 0 aliphatic carbocycles. The van der Waals surface area contributed by atoms with Gasteiger partial charge in [-0.1, -0.05) is 36.4 Å². The normalized spacial score (nSPS) is 19.7. The molecule has 3 rings (SSSR count). The summed E-state index contributed by atoms with van der Waals surface area (Å²) in [7, 11) is 0. The minimum atomic E-state index is -1.29. The van der Waals surface area contributed by atoms with Crippen molar-refractivity contribution in [1.29, 1.82) is 0 Å². The molecule has 0 saturated carbocycles. The summed E-state index contributed by atoms with van der Waals surface area (Å²) in [6, 6.07) is 13.3. The molecule has 0 unspecified atom stereocenters. The van der Waals surface area contributed by atoms with Gasteiger partial charge in [0.2, 0.25) is 0 Å². The van der Waals surface area contributed by atoms with E-state index in [1.54, 1.807) is 43.3 Å². The number of ether oxygens (including phenoxy) is 1. The van der Waals surface area contributed by atoms with E-state index < -0.39 is 17.5 Å². The van der Waals surface area contributed by atoms with Crippen molar-refractivity contribution >= 4 is 11.9 Å². The summed E-state index contributed by atoms with van der Waals surface area (Å²) in [5.74, 6) is -1.34. The van der Waals surface area contributed by atoms with Gasteiger partial charge in [0.25, 0.3) is 5.91 Å². The number of esters is 1. The first-order valence-electron chi connectivity index (χ1n) is 7.32. The Hall–Kier alpha value is -2.69. The van der Waals surface area contributed by atoms with Crippen molar-refractivity contribution in [2.75, 3.05) is 0 Å². The van der Waals surface area contributed by atoms with E-state index in [0.717, 1.165) is 5.56 Å². The van der Waals surface area contributed by atoms with Crippen LogP contribution in [-0.2, 0) is 22.5 Å². The SMILES string of the molecule is C[C@]1(C(=O)NCc2ccccc2F)Cc2ccccc2C(=O)O1. The molecule has 4 nitrogen and oxygen atoms in total. The first-order chi connectivity index (χ1) is 11.0. The fourth-order valence-corrected chi connectivity index (χ4v) is 2.66. The van der Waals surface area contributed by atoms with Crippen molar-refractivity contribution in [3.05, 3.63) is 71.0 Å². The second-order valence-corrected chi connectivity index (χ2v) is 5.73. The highest BCUT2D eigenvalue weighted by atomic mass is 19.1. The van der Waals surface area contributed by atoms with E-state index in [4.69, 9.17) is 4.74 Å². The fraction of sp³-hybridized carbons (Fsp3) is 0.222. The van der Waals surface area contributed by atoms with Gasteiger partial charge in [-0.15, -0.1) is 0 Å². The van der Waals surface area contributed by atoms with Crippen LogP contribution in [0.15, 0.2) is 48.5 Å². The van der Waals surface area contributed by atoms with Crippen LogP contribution in [0, 0.1) is 5.82 Å². The monoisotopic (exact) mass is 313 g/mol. The summed E-state index contributed by atoms with van der Waals surface area (Å²) >= 11 is 0. The van der Waals surface area contributed by atoms with Gasteiger partial charge >= 0.3 is 5.97 Å². The Balaban J connectivity index is 1.75. The average molecular weight is 313 g/mol. The predicted molar refractivity (Wildman–Crippen MR) is 82.2 cm³/mol. The summed E-state index contributed by atoms with van der Waals surface area (Å²) in [6.07, 6.45) is 0.290. The van der Waals surface area contributed by atoms with Crippen molar-refractivity contribution in [2.45, 2.75) is 25.5 Å². The Morgan fingerprint density at radius 3 is 2.70 bits per heavy atom. The van der Waals surface area contributed by atoms with E-state index in [2.05, 4.69) is 5.32 Å². The van der Waals surface area contributed by atoms with Crippen molar-refractivity contribution in [1.82, 2.24) is 5.32 Å². The largest absolute Gasteiger partial charge is 0.445 e. The van der Waals surface area contributed by atoms with Crippen LogP contribution in [0.5, 0.6) is 0 Å². The lowest BCUT2D eigenvalue weighted by Gasteiger charge is -2.33. The van der Waals surface area contributed by atoms with Gasteiger partial charge in [-0.05, 0) is 24.6 Å². The summed E-state index contributed by atoms with van der Waals surface area (Å²) in [6.45, 7) is 1.61. The average Bonchev–Trinajstić information content (AvgIpc) is 2.53. The predicted octanol–water partition coefficient (Wildman–Crippen LogP) is 2.61. The van der Waals surface area contributed by atoms with E-state index in [9.17, 15) is 14.0 Å². The molecule has 0 bridgehead atoms. The fourth-order valence-electron chi connectivity index (χ4n) is 2.66. The molecule has 1 atom stereocenters. The second kappa shape index (κ2) is 5.83. The van der Waals surface area contributed by atoms with Gasteiger partial charge in [0.05, 0.1) is 5.56 Å². The Bertz CT molecular complexity index is 774. The number of rotatable bonds is 3. The molecule has 0 radical (unpaired) electrons. The first-order valence-corrected chi connectivity index (χ1v) is 7.32. The summed E-state index contributed by atoms with van der Waals surface area (Å²) in [5, 5.41) is 2.65. The van der Waals surface area contributed by atoms with Crippen LogP contribution < -0.4 is 5.32 Å². The van der Waals surface area contributed by atoms with Gasteiger partial charge in [0.15, 0.2) is 5.60 Å².